The van der Waals surface area contributed by atoms with E-state index in [-0.39, 0.29) is 17.0 Å². The second-order valence-corrected chi connectivity index (χ2v) is 8.36. The summed E-state index contributed by atoms with van der Waals surface area (Å²) in [7, 11) is 0. The van der Waals surface area contributed by atoms with Crippen LogP contribution in [0.4, 0.5) is 11.4 Å². The lowest BCUT2D eigenvalue weighted by Gasteiger charge is -2.32. The fourth-order valence-electron chi connectivity index (χ4n) is 3.88. The van der Waals surface area contributed by atoms with Crippen molar-refractivity contribution in [2.45, 2.75) is 46.6 Å². The number of carbonyl (C=O) groups excluding carboxylic acids is 2. The smallest absolute Gasteiger partial charge is 0.339 e. The minimum Gasteiger partial charge on any atom is -0.451 e. The number of rotatable bonds is 6. The molecule has 0 unspecified atom stereocenters. The van der Waals surface area contributed by atoms with E-state index in [1.54, 1.807) is 18.2 Å². The number of hydrogen-bond donors (Lipinski definition) is 0. The van der Waals surface area contributed by atoms with Gasteiger partial charge in [-0.05, 0) is 68.9 Å². The highest BCUT2D eigenvalue weighted by atomic mass is 16.6. The monoisotopic (exact) mass is 424 g/mol. The molecule has 2 atom stereocenters. The number of piperidine rings is 1. The van der Waals surface area contributed by atoms with E-state index in [1.165, 1.54) is 19.1 Å². The second kappa shape index (κ2) is 9.29. The third-order valence-electron chi connectivity index (χ3n) is 5.85. The van der Waals surface area contributed by atoms with Gasteiger partial charge >= 0.3 is 5.97 Å². The van der Waals surface area contributed by atoms with Crippen LogP contribution in [0.2, 0.25) is 0 Å². The van der Waals surface area contributed by atoms with E-state index in [1.807, 2.05) is 24.8 Å². The summed E-state index contributed by atoms with van der Waals surface area (Å²) in [6, 6.07) is 9.68. The number of benzene rings is 2. The van der Waals surface area contributed by atoms with Crippen LogP contribution in [0.15, 0.2) is 36.4 Å². The average molecular weight is 424 g/mol. The van der Waals surface area contributed by atoms with Gasteiger partial charge in [-0.15, -0.1) is 0 Å². The zero-order chi connectivity index (χ0) is 22.7. The van der Waals surface area contributed by atoms with Crippen molar-refractivity contribution in [3.63, 3.8) is 0 Å². The van der Waals surface area contributed by atoms with Crippen LogP contribution in [0.1, 0.15) is 58.5 Å². The van der Waals surface area contributed by atoms with Crippen molar-refractivity contribution in [3.05, 3.63) is 68.8 Å². The molecule has 1 heterocycles. The van der Waals surface area contributed by atoms with E-state index in [9.17, 15) is 19.7 Å². The maximum atomic E-state index is 12.6. The van der Waals surface area contributed by atoms with Crippen molar-refractivity contribution >= 4 is 23.1 Å². The Balaban J connectivity index is 1.77. The number of ketones is 1. The van der Waals surface area contributed by atoms with E-state index in [0.717, 1.165) is 37.1 Å². The van der Waals surface area contributed by atoms with Crippen molar-refractivity contribution in [3.8, 4) is 0 Å². The van der Waals surface area contributed by atoms with E-state index in [2.05, 4.69) is 6.92 Å². The lowest BCUT2D eigenvalue weighted by Crippen LogP contribution is -2.34. The van der Waals surface area contributed by atoms with Gasteiger partial charge in [0.25, 0.3) is 5.69 Å². The summed E-state index contributed by atoms with van der Waals surface area (Å²) in [5.74, 6) is -0.619. The molecule has 164 valence electrons. The van der Waals surface area contributed by atoms with Gasteiger partial charge in [0.15, 0.2) is 6.10 Å². The van der Waals surface area contributed by atoms with Gasteiger partial charge in [-0.25, -0.2) is 4.79 Å². The van der Waals surface area contributed by atoms with Gasteiger partial charge in [-0.2, -0.15) is 0 Å². The molecule has 0 aromatic heterocycles. The maximum Gasteiger partial charge on any atom is 0.339 e. The van der Waals surface area contributed by atoms with Gasteiger partial charge in [-0.3, -0.25) is 14.9 Å². The first kappa shape index (κ1) is 22.5. The third kappa shape index (κ3) is 5.10. The topological polar surface area (TPSA) is 89.8 Å². The highest BCUT2D eigenvalue weighted by Crippen LogP contribution is 2.32. The summed E-state index contributed by atoms with van der Waals surface area (Å²) >= 11 is 0. The Labute approximate surface area is 182 Å². The molecule has 7 nitrogen and oxygen atoms in total. The molecule has 2 aromatic carbocycles. The molecular formula is C24H28N2O5. The van der Waals surface area contributed by atoms with Crippen molar-refractivity contribution in [1.82, 2.24) is 0 Å². The molecule has 0 aliphatic carbocycles. The number of esters is 1. The number of ether oxygens (including phenoxy) is 1. The molecule has 31 heavy (non-hydrogen) atoms. The number of Topliss-reactive ketones (excluding diaryl/α,β-unsaturated/α-hetero) is 1. The highest BCUT2D eigenvalue weighted by Gasteiger charge is 2.27. The summed E-state index contributed by atoms with van der Waals surface area (Å²) in [6.45, 7) is 8.98. The van der Waals surface area contributed by atoms with Crippen molar-refractivity contribution in [2.24, 2.45) is 5.92 Å². The molecule has 1 fully saturated rings. The second-order valence-electron chi connectivity index (χ2n) is 8.36. The fourth-order valence-corrected chi connectivity index (χ4v) is 3.88. The summed E-state index contributed by atoms with van der Waals surface area (Å²) in [6.07, 6.45) is 1.07. The van der Waals surface area contributed by atoms with Gasteiger partial charge in [0.05, 0.1) is 10.5 Å². The Kier molecular flexibility index (Phi) is 6.73. The molecule has 3 rings (SSSR count). The summed E-state index contributed by atoms with van der Waals surface area (Å²) < 4.78 is 5.34. The van der Waals surface area contributed by atoms with Crippen LogP contribution in [0, 0.1) is 29.9 Å². The summed E-state index contributed by atoms with van der Waals surface area (Å²) in [4.78, 5) is 38.4. The molecule has 0 bridgehead atoms. The molecule has 1 saturated heterocycles. The van der Waals surface area contributed by atoms with E-state index >= 15 is 0 Å². The molecule has 0 amide bonds. The lowest BCUT2D eigenvalue weighted by molar-refractivity contribution is -0.384. The normalized spacial score (nSPS) is 17.2. The average Bonchev–Trinajstić information content (AvgIpc) is 2.74. The minimum atomic E-state index is -1.00. The van der Waals surface area contributed by atoms with Gasteiger partial charge in [0.2, 0.25) is 5.78 Å². The fraction of sp³-hybridized carbons (Fsp3) is 0.417. The summed E-state index contributed by atoms with van der Waals surface area (Å²) in [5, 5.41) is 11.7. The Morgan fingerprint density at radius 3 is 2.48 bits per heavy atom. The number of nitro groups is 1. The Bertz CT molecular complexity index is 1020. The largest absolute Gasteiger partial charge is 0.451 e. The summed E-state index contributed by atoms with van der Waals surface area (Å²) in [5.41, 5.74) is 2.94. The highest BCUT2D eigenvalue weighted by molar-refractivity contribution is 6.01. The van der Waals surface area contributed by atoms with Crippen LogP contribution in [0.25, 0.3) is 0 Å². The first-order valence-corrected chi connectivity index (χ1v) is 10.5. The Hall–Kier alpha value is -3.22. The molecular weight excluding hydrogens is 396 g/mol. The van der Waals surface area contributed by atoms with Crippen LogP contribution in [0.3, 0.4) is 0 Å². The quantitative estimate of drug-likeness (QED) is 0.284. The Morgan fingerprint density at radius 1 is 1.13 bits per heavy atom. The predicted molar refractivity (Wildman–Crippen MR) is 119 cm³/mol. The minimum absolute atomic E-state index is 0.0558. The molecule has 0 spiro atoms. The van der Waals surface area contributed by atoms with E-state index in [0.29, 0.717) is 17.2 Å². The van der Waals surface area contributed by atoms with Crippen LogP contribution in [-0.4, -0.2) is 35.9 Å². The zero-order valence-electron chi connectivity index (χ0n) is 18.4. The van der Waals surface area contributed by atoms with Crippen molar-refractivity contribution in [1.29, 1.82) is 0 Å². The molecule has 0 N–H and O–H groups in total. The van der Waals surface area contributed by atoms with Crippen LogP contribution in [0.5, 0.6) is 0 Å². The van der Waals surface area contributed by atoms with Crippen LogP contribution >= 0.6 is 0 Å². The standard InChI is InChI=1S/C24H28N2O5/c1-15-6-5-11-25(14-15)21-10-9-20(13-22(21)26(29)30)24(28)31-18(4)23(27)19-8-7-16(2)17(3)12-19/h7-10,12-13,15,18H,5-6,11,14H2,1-4H3/t15-,18+/m0/s1. The third-order valence-corrected chi connectivity index (χ3v) is 5.85. The van der Waals surface area contributed by atoms with Gasteiger partial charge in [0.1, 0.15) is 5.69 Å². The molecule has 0 radical (unpaired) electrons. The van der Waals surface area contributed by atoms with Gasteiger partial charge < -0.3 is 9.64 Å². The first-order chi connectivity index (χ1) is 14.7. The van der Waals surface area contributed by atoms with Gasteiger partial charge in [0, 0.05) is 24.7 Å². The van der Waals surface area contributed by atoms with E-state index < -0.39 is 17.0 Å². The molecule has 7 heteroatoms. The predicted octanol–water partition coefficient (Wildman–Crippen LogP) is 4.88. The maximum absolute atomic E-state index is 12.6. The van der Waals surface area contributed by atoms with Crippen molar-refractivity contribution < 1.29 is 19.2 Å². The van der Waals surface area contributed by atoms with Crippen LogP contribution in [-0.2, 0) is 4.74 Å². The van der Waals surface area contributed by atoms with Crippen LogP contribution < -0.4 is 4.90 Å². The SMILES string of the molecule is Cc1ccc(C(=O)[C@@H](C)OC(=O)c2ccc(N3CCC[C@H](C)C3)c([N+](=O)[O-])c2)cc1C. The lowest BCUT2D eigenvalue weighted by atomic mass is 9.99. The zero-order valence-corrected chi connectivity index (χ0v) is 18.4. The Morgan fingerprint density at radius 2 is 1.84 bits per heavy atom. The molecule has 2 aromatic rings. The number of anilines is 1. The first-order valence-electron chi connectivity index (χ1n) is 10.5. The molecule has 0 saturated carbocycles. The molecule has 1 aliphatic heterocycles. The number of nitro benzene ring substituents is 1. The molecule has 1 aliphatic rings. The van der Waals surface area contributed by atoms with Gasteiger partial charge in [-0.1, -0.05) is 19.1 Å². The number of aryl methyl sites for hydroxylation is 2. The number of hydrogen-bond acceptors (Lipinski definition) is 6. The number of carbonyl (C=O) groups is 2. The van der Waals surface area contributed by atoms with Crippen molar-refractivity contribution in [2.75, 3.05) is 18.0 Å². The number of nitrogens with zero attached hydrogens (tertiary/aromatic N) is 2. The van der Waals surface area contributed by atoms with E-state index in [4.69, 9.17) is 4.74 Å².